The fraction of sp³-hybridized carbons (Fsp3) is 0.294. The highest BCUT2D eigenvalue weighted by atomic mass is 35.5. The van der Waals surface area contributed by atoms with E-state index in [0.29, 0.717) is 12.5 Å². The Hall–Kier alpha value is -1.71. The number of alkyl halides is 1. The third-order valence-electron chi connectivity index (χ3n) is 3.18. The number of methoxy groups -OCH3 is 1. The zero-order valence-electron chi connectivity index (χ0n) is 12.1. The van der Waals surface area contributed by atoms with Crippen LogP contribution < -0.4 is 14.8 Å². The minimum absolute atomic E-state index is 0.146. The SMILES string of the molecule is COc1ccc(OCCNC(CCl)c2ccccc2)cc1. The molecule has 0 amide bonds. The van der Waals surface area contributed by atoms with E-state index >= 15 is 0 Å². The van der Waals surface area contributed by atoms with Gasteiger partial charge in [-0.3, -0.25) is 0 Å². The number of nitrogens with one attached hydrogen (secondary N) is 1. The Kier molecular flexibility index (Phi) is 6.38. The highest BCUT2D eigenvalue weighted by Crippen LogP contribution is 2.17. The van der Waals surface area contributed by atoms with Crippen molar-refractivity contribution in [3.63, 3.8) is 0 Å². The first-order chi connectivity index (χ1) is 10.3. The number of benzene rings is 2. The van der Waals surface area contributed by atoms with Gasteiger partial charge in [-0.15, -0.1) is 11.6 Å². The molecule has 0 fully saturated rings. The van der Waals surface area contributed by atoms with Gasteiger partial charge in [-0.05, 0) is 29.8 Å². The first-order valence-electron chi connectivity index (χ1n) is 6.94. The molecule has 0 saturated heterocycles. The first kappa shape index (κ1) is 15.7. The van der Waals surface area contributed by atoms with E-state index in [4.69, 9.17) is 21.1 Å². The van der Waals surface area contributed by atoms with Crippen LogP contribution in [0.4, 0.5) is 0 Å². The van der Waals surface area contributed by atoms with E-state index in [9.17, 15) is 0 Å². The smallest absolute Gasteiger partial charge is 0.119 e. The number of ether oxygens (including phenoxy) is 2. The molecule has 1 unspecified atom stereocenters. The predicted molar refractivity (Wildman–Crippen MR) is 86.4 cm³/mol. The van der Waals surface area contributed by atoms with Gasteiger partial charge in [0.2, 0.25) is 0 Å². The Morgan fingerprint density at radius 1 is 1.00 bits per heavy atom. The molecule has 2 aromatic carbocycles. The minimum atomic E-state index is 0.146. The third-order valence-corrected chi connectivity index (χ3v) is 3.49. The molecule has 0 aliphatic rings. The summed E-state index contributed by atoms with van der Waals surface area (Å²) < 4.78 is 10.8. The molecule has 1 N–H and O–H groups in total. The molecule has 2 aromatic rings. The fourth-order valence-electron chi connectivity index (χ4n) is 2.02. The van der Waals surface area contributed by atoms with Crippen LogP contribution >= 0.6 is 11.6 Å². The van der Waals surface area contributed by atoms with E-state index in [-0.39, 0.29) is 6.04 Å². The van der Waals surface area contributed by atoms with Crippen molar-refractivity contribution in [2.75, 3.05) is 26.1 Å². The van der Waals surface area contributed by atoms with Gasteiger partial charge in [-0.2, -0.15) is 0 Å². The van der Waals surface area contributed by atoms with Crippen molar-refractivity contribution >= 4 is 11.6 Å². The molecule has 0 aliphatic carbocycles. The third kappa shape index (κ3) is 4.96. The van der Waals surface area contributed by atoms with Crippen LogP contribution in [0.25, 0.3) is 0 Å². The molecule has 2 rings (SSSR count). The van der Waals surface area contributed by atoms with E-state index < -0.39 is 0 Å². The van der Waals surface area contributed by atoms with Crippen molar-refractivity contribution in [2.24, 2.45) is 0 Å². The van der Waals surface area contributed by atoms with Crippen molar-refractivity contribution in [1.29, 1.82) is 0 Å². The molecule has 3 nitrogen and oxygen atoms in total. The molecule has 4 heteroatoms. The van der Waals surface area contributed by atoms with Crippen molar-refractivity contribution in [1.82, 2.24) is 5.32 Å². The van der Waals surface area contributed by atoms with Gasteiger partial charge in [-0.1, -0.05) is 30.3 Å². The molecular weight excluding hydrogens is 286 g/mol. The quantitative estimate of drug-likeness (QED) is 0.596. The summed E-state index contributed by atoms with van der Waals surface area (Å²) in [5.41, 5.74) is 1.19. The average molecular weight is 306 g/mol. The van der Waals surface area contributed by atoms with Crippen molar-refractivity contribution in [3.8, 4) is 11.5 Å². The first-order valence-corrected chi connectivity index (χ1v) is 7.48. The van der Waals surface area contributed by atoms with Crippen molar-refractivity contribution in [3.05, 3.63) is 60.2 Å². The van der Waals surface area contributed by atoms with E-state index in [2.05, 4.69) is 17.4 Å². The summed E-state index contributed by atoms with van der Waals surface area (Å²) in [7, 11) is 1.65. The van der Waals surface area contributed by atoms with Crippen LogP contribution in [0.2, 0.25) is 0 Å². The topological polar surface area (TPSA) is 30.5 Å². The highest BCUT2D eigenvalue weighted by molar-refractivity contribution is 6.18. The van der Waals surface area contributed by atoms with E-state index in [1.807, 2.05) is 42.5 Å². The maximum absolute atomic E-state index is 6.01. The largest absolute Gasteiger partial charge is 0.497 e. The molecule has 0 aromatic heterocycles. The van der Waals surface area contributed by atoms with E-state index in [0.717, 1.165) is 18.0 Å². The number of hydrogen-bond acceptors (Lipinski definition) is 3. The monoisotopic (exact) mass is 305 g/mol. The second kappa shape index (κ2) is 8.55. The number of rotatable bonds is 8. The lowest BCUT2D eigenvalue weighted by molar-refractivity contribution is 0.307. The molecule has 0 bridgehead atoms. The summed E-state index contributed by atoms with van der Waals surface area (Å²) in [6.07, 6.45) is 0. The Bertz CT molecular complexity index is 516. The van der Waals surface area contributed by atoms with E-state index in [1.165, 1.54) is 5.56 Å². The molecule has 0 spiro atoms. The zero-order chi connectivity index (χ0) is 14.9. The average Bonchev–Trinajstić information content (AvgIpc) is 2.56. The molecule has 0 radical (unpaired) electrons. The summed E-state index contributed by atoms with van der Waals surface area (Å²) >= 11 is 6.01. The lowest BCUT2D eigenvalue weighted by atomic mass is 10.1. The summed E-state index contributed by atoms with van der Waals surface area (Å²) in [5.74, 6) is 2.19. The van der Waals surface area contributed by atoms with Gasteiger partial charge in [0.15, 0.2) is 0 Å². The maximum Gasteiger partial charge on any atom is 0.119 e. The van der Waals surface area contributed by atoms with Gasteiger partial charge < -0.3 is 14.8 Å². The van der Waals surface area contributed by atoms with Crippen LogP contribution in [-0.2, 0) is 0 Å². The van der Waals surface area contributed by atoms with Gasteiger partial charge in [-0.25, -0.2) is 0 Å². The summed E-state index contributed by atoms with van der Waals surface area (Å²) in [6, 6.07) is 17.9. The van der Waals surface area contributed by atoms with Crippen molar-refractivity contribution in [2.45, 2.75) is 6.04 Å². The second-order valence-electron chi connectivity index (χ2n) is 4.60. The van der Waals surface area contributed by atoms with Gasteiger partial charge in [0.25, 0.3) is 0 Å². The Morgan fingerprint density at radius 2 is 1.67 bits per heavy atom. The lowest BCUT2D eigenvalue weighted by Gasteiger charge is -2.16. The molecule has 21 heavy (non-hydrogen) atoms. The summed E-state index contributed by atoms with van der Waals surface area (Å²) in [5, 5.41) is 3.40. The molecule has 112 valence electrons. The number of hydrogen-bond donors (Lipinski definition) is 1. The minimum Gasteiger partial charge on any atom is -0.497 e. The van der Waals surface area contributed by atoms with Gasteiger partial charge in [0, 0.05) is 18.5 Å². The Morgan fingerprint density at radius 3 is 2.29 bits per heavy atom. The van der Waals surface area contributed by atoms with Gasteiger partial charge >= 0.3 is 0 Å². The molecule has 0 aliphatic heterocycles. The maximum atomic E-state index is 6.01. The van der Waals surface area contributed by atoms with Crippen molar-refractivity contribution < 1.29 is 9.47 Å². The van der Waals surface area contributed by atoms with E-state index in [1.54, 1.807) is 7.11 Å². The second-order valence-corrected chi connectivity index (χ2v) is 4.90. The summed E-state index contributed by atoms with van der Waals surface area (Å²) in [6.45, 7) is 1.32. The lowest BCUT2D eigenvalue weighted by Crippen LogP contribution is -2.27. The van der Waals surface area contributed by atoms with Crippen LogP contribution in [0.3, 0.4) is 0 Å². The molecular formula is C17H20ClNO2. The van der Waals surface area contributed by atoms with Crippen LogP contribution in [0.15, 0.2) is 54.6 Å². The van der Waals surface area contributed by atoms with Crippen LogP contribution in [-0.4, -0.2) is 26.1 Å². The van der Waals surface area contributed by atoms with Crippen LogP contribution in [0.1, 0.15) is 11.6 Å². The predicted octanol–water partition coefficient (Wildman–Crippen LogP) is 3.64. The normalized spacial score (nSPS) is 11.9. The Balaban J connectivity index is 1.75. The zero-order valence-corrected chi connectivity index (χ0v) is 12.8. The number of halogens is 1. The fourth-order valence-corrected chi connectivity index (χ4v) is 2.31. The molecule has 1 atom stereocenters. The molecule has 0 saturated carbocycles. The Labute approximate surface area is 130 Å². The highest BCUT2D eigenvalue weighted by Gasteiger charge is 2.08. The standard InChI is InChI=1S/C17H20ClNO2/c1-20-15-7-9-16(10-8-15)21-12-11-19-17(13-18)14-5-3-2-4-6-14/h2-10,17,19H,11-13H2,1H3. The van der Waals surface area contributed by atoms with Crippen LogP contribution in [0, 0.1) is 0 Å². The molecule has 0 heterocycles. The van der Waals surface area contributed by atoms with Gasteiger partial charge in [0.05, 0.1) is 7.11 Å². The van der Waals surface area contributed by atoms with Gasteiger partial charge in [0.1, 0.15) is 18.1 Å². The van der Waals surface area contributed by atoms with Crippen LogP contribution in [0.5, 0.6) is 11.5 Å². The summed E-state index contributed by atoms with van der Waals surface area (Å²) in [4.78, 5) is 0.